The summed E-state index contributed by atoms with van der Waals surface area (Å²) < 4.78 is 44.3. The van der Waals surface area contributed by atoms with E-state index in [2.05, 4.69) is 10.5 Å². The average Bonchev–Trinajstić information content (AvgIpc) is 3.38. The molecule has 0 saturated heterocycles. The van der Waals surface area contributed by atoms with Gasteiger partial charge in [-0.05, 0) is 36.4 Å². The first-order chi connectivity index (χ1) is 14.6. The predicted molar refractivity (Wildman–Crippen MR) is 112 cm³/mol. The summed E-state index contributed by atoms with van der Waals surface area (Å²) in [5.74, 6) is -0.324. The molecule has 1 atom stereocenters. The number of alkyl halides is 3. The van der Waals surface area contributed by atoms with Crippen molar-refractivity contribution in [2.45, 2.75) is 18.2 Å². The normalized spacial score (nSPS) is 18.7. The van der Waals surface area contributed by atoms with Crippen LogP contribution in [0.4, 0.5) is 13.2 Å². The van der Waals surface area contributed by atoms with Gasteiger partial charge in [-0.1, -0.05) is 40.0 Å². The van der Waals surface area contributed by atoms with E-state index >= 15 is 0 Å². The number of amides is 1. The number of carbonyl (C=O) groups excluding carboxylic acids is 1. The van der Waals surface area contributed by atoms with Gasteiger partial charge in [-0.3, -0.25) is 4.79 Å². The summed E-state index contributed by atoms with van der Waals surface area (Å²) in [6.45, 7) is 0. The zero-order valence-corrected chi connectivity index (χ0v) is 18.0. The van der Waals surface area contributed by atoms with Crippen LogP contribution in [0.15, 0.2) is 47.8 Å². The maximum absolute atomic E-state index is 14.2. The summed E-state index contributed by atoms with van der Waals surface area (Å²) in [4.78, 5) is 17.1. The summed E-state index contributed by atoms with van der Waals surface area (Å²) in [5.41, 5.74) is -1.83. The van der Waals surface area contributed by atoms with E-state index < -0.39 is 18.2 Å². The summed E-state index contributed by atoms with van der Waals surface area (Å²) in [6.07, 6.45) is -3.84. The Kier molecular flexibility index (Phi) is 5.36. The van der Waals surface area contributed by atoms with E-state index in [0.29, 0.717) is 16.8 Å². The molecule has 3 aromatic rings. The van der Waals surface area contributed by atoms with Crippen molar-refractivity contribution in [1.29, 1.82) is 0 Å². The van der Waals surface area contributed by atoms with Crippen LogP contribution in [-0.4, -0.2) is 29.2 Å². The molecule has 1 N–H and O–H groups in total. The smallest absolute Gasteiger partial charge is 0.374 e. The zero-order valence-electron chi connectivity index (χ0n) is 15.7. The van der Waals surface area contributed by atoms with Gasteiger partial charge in [0.15, 0.2) is 0 Å². The number of fused-ring (bicyclic) bond motifs is 1. The lowest BCUT2D eigenvalue weighted by Gasteiger charge is -2.30. The molecule has 1 amide bonds. The number of hydrogen-bond donors (Lipinski definition) is 1. The molecule has 31 heavy (non-hydrogen) atoms. The number of aromatic nitrogens is 1. The predicted octanol–water partition coefficient (Wildman–Crippen LogP) is 5.84. The number of hydrogen-bond acceptors (Lipinski definition) is 3. The minimum absolute atomic E-state index is 0.0455. The van der Waals surface area contributed by atoms with Crippen molar-refractivity contribution in [2.24, 2.45) is 5.16 Å². The molecule has 4 rings (SSSR count). The second kappa shape index (κ2) is 7.62. The van der Waals surface area contributed by atoms with Crippen molar-refractivity contribution in [3.8, 4) is 0 Å². The Labute approximate surface area is 189 Å². The lowest BCUT2D eigenvalue weighted by Crippen LogP contribution is -2.42. The Morgan fingerprint density at radius 2 is 1.87 bits per heavy atom. The number of nitrogens with zero attached hydrogens (tertiary/aromatic N) is 2. The Bertz CT molecular complexity index is 1220. The largest absolute Gasteiger partial charge is 0.435 e. The summed E-state index contributed by atoms with van der Waals surface area (Å²) in [5, 5.41) is 5.98. The Balaban J connectivity index is 1.81. The molecule has 0 fully saturated rings. The van der Waals surface area contributed by atoms with Gasteiger partial charge in [-0.2, -0.15) is 13.2 Å². The van der Waals surface area contributed by atoms with E-state index in [-0.39, 0.29) is 32.3 Å². The van der Waals surface area contributed by atoms with Crippen LogP contribution in [-0.2, 0) is 10.4 Å². The van der Waals surface area contributed by atoms with Crippen molar-refractivity contribution in [3.63, 3.8) is 0 Å². The summed E-state index contributed by atoms with van der Waals surface area (Å²) >= 11 is 17.8. The Morgan fingerprint density at radius 1 is 1.19 bits per heavy atom. The third-order valence-electron chi connectivity index (χ3n) is 5.10. The first-order valence-electron chi connectivity index (χ1n) is 8.88. The fraction of sp³-hybridized carbons (Fsp3) is 0.200. The lowest BCUT2D eigenvalue weighted by atomic mass is 9.87. The van der Waals surface area contributed by atoms with Gasteiger partial charge >= 0.3 is 6.18 Å². The van der Waals surface area contributed by atoms with E-state index in [9.17, 15) is 18.0 Å². The molecule has 1 aliphatic heterocycles. The third-order valence-corrected chi connectivity index (χ3v) is 6.29. The minimum atomic E-state index is -4.84. The number of pyridine rings is 1. The molecule has 0 bridgehead atoms. The fourth-order valence-electron chi connectivity index (χ4n) is 3.53. The molecule has 0 spiro atoms. The number of halogens is 6. The highest BCUT2D eigenvalue weighted by Gasteiger charge is 2.62. The maximum Gasteiger partial charge on any atom is 0.435 e. The van der Waals surface area contributed by atoms with Crippen molar-refractivity contribution < 1.29 is 22.8 Å². The van der Waals surface area contributed by atoms with E-state index in [1.807, 2.05) is 0 Å². The van der Waals surface area contributed by atoms with E-state index in [0.717, 1.165) is 12.1 Å². The number of carbonyl (C=O) groups is 1. The number of nitrogens with one attached hydrogen (secondary N) is 1. The SMILES string of the molecule is CNC(=O)c1ccc(C2=NOC(c3cc(Cl)c(Cl)c(Cl)c3)(C(F)(F)F)C2)n2cccc12. The zero-order chi connectivity index (χ0) is 22.6. The van der Waals surface area contributed by atoms with Crippen LogP contribution in [0.1, 0.15) is 28.0 Å². The first-order valence-corrected chi connectivity index (χ1v) is 10.0. The molecule has 0 aliphatic carbocycles. The summed E-state index contributed by atoms with van der Waals surface area (Å²) in [6, 6.07) is 8.55. The van der Waals surface area contributed by atoms with E-state index in [1.54, 1.807) is 22.7 Å². The van der Waals surface area contributed by atoms with Crippen molar-refractivity contribution in [3.05, 3.63) is 74.5 Å². The van der Waals surface area contributed by atoms with Gasteiger partial charge in [0.2, 0.25) is 0 Å². The van der Waals surface area contributed by atoms with Crippen LogP contribution in [0, 0.1) is 0 Å². The second-order valence-electron chi connectivity index (χ2n) is 6.86. The maximum atomic E-state index is 14.2. The molecular weight excluding hydrogens is 478 g/mol. The highest BCUT2D eigenvalue weighted by Crippen LogP contribution is 2.50. The second-order valence-corrected chi connectivity index (χ2v) is 8.05. The molecule has 5 nitrogen and oxygen atoms in total. The fourth-order valence-corrected chi connectivity index (χ4v) is 4.13. The monoisotopic (exact) mass is 489 g/mol. The highest BCUT2D eigenvalue weighted by molar-refractivity contribution is 6.48. The van der Waals surface area contributed by atoms with Crippen molar-refractivity contribution >= 4 is 51.9 Å². The standard InChI is InChI=1S/C20H13Cl3F3N3O2/c1-27-18(30)11-4-5-16(29-6-2-3-15(11)29)14-9-19(31-28-14,20(24,25)26)10-7-12(21)17(23)13(22)8-10/h2-8H,9H2,1H3,(H,27,30). The van der Waals surface area contributed by atoms with Crippen molar-refractivity contribution in [1.82, 2.24) is 9.72 Å². The first kappa shape index (κ1) is 21.8. The topological polar surface area (TPSA) is 55.1 Å². The van der Waals surface area contributed by atoms with Crippen LogP contribution in [0.3, 0.4) is 0 Å². The number of rotatable bonds is 3. The molecule has 1 unspecified atom stereocenters. The summed E-state index contributed by atoms with van der Waals surface area (Å²) in [7, 11) is 1.49. The van der Waals surface area contributed by atoms with Gasteiger partial charge < -0.3 is 14.6 Å². The van der Waals surface area contributed by atoms with E-state index in [4.69, 9.17) is 39.6 Å². The number of oxime groups is 1. The van der Waals surface area contributed by atoms with Crippen LogP contribution in [0.2, 0.25) is 15.1 Å². The van der Waals surface area contributed by atoms with Gasteiger partial charge in [0.05, 0.1) is 38.3 Å². The van der Waals surface area contributed by atoms with E-state index in [1.165, 1.54) is 19.2 Å². The lowest BCUT2D eigenvalue weighted by molar-refractivity contribution is -0.275. The number of benzene rings is 1. The minimum Gasteiger partial charge on any atom is -0.374 e. The molecule has 0 saturated carbocycles. The van der Waals surface area contributed by atoms with Gasteiger partial charge in [0, 0.05) is 18.8 Å². The molecule has 11 heteroatoms. The van der Waals surface area contributed by atoms with Gasteiger partial charge in [0.25, 0.3) is 11.5 Å². The molecule has 1 aromatic carbocycles. The third kappa shape index (κ3) is 3.43. The highest BCUT2D eigenvalue weighted by atomic mass is 35.5. The Hall–Kier alpha value is -2.42. The van der Waals surface area contributed by atoms with Crippen molar-refractivity contribution in [2.75, 3.05) is 7.05 Å². The molecule has 1 aliphatic rings. The van der Waals surface area contributed by atoms with Gasteiger partial charge in [-0.15, -0.1) is 0 Å². The molecule has 0 radical (unpaired) electrons. The van der Waals surface area contributed by atoms with Crippen LogP contribution < -0.4 is 5.32 Å². The average molecular weight is 491 g/mol. The molecule has 2 aromatic heterocycles. The van der Waals surface area contributed by atoms with Gasteiger partial charge in [0.1, 0.15) is 5.71 Å². The quantitative estimate of drug-likeness (QED) is 0.469. The van der Waals surface area contributed by atoms with Crippen LogP contribution in [0.5, 0.6) is 0 Å². The molecule has 3 heterocycles. The Morgan fingerprint density at radius 3 is 2.48 bits per heavy atom. The van der Waals surface area contributed by atoms with Gasteiger partial charge in [-0.25, -0.2) is 0 Å². The molecular formula is C20H13Cl3F3N3O2. The molecule has 162 valence electrons. The van der Waals surface area contributed by atoms with Crippen LogP contribution in [0.25, 0.3) is 5.52 Å². The van der Waals surface area contributed by atoms with Crippen LogP contribution >= 0.6 is 34.8 Å².